The van der Waals surface area contributed by atoms with E-state index < -0.39 is 0 Å². The van der Waals surface area contributed by atoms with Gasteiger partial charge in [0.05, 0.1) is 0 Å². The Hall–Kier alpha value is -0.0800. The van der Waals surface area contributed by atoms with Crippen molar-refractivity contribution >= 4 is 0 Å². The smallest absolute Gasteiger partial charge is 0.0266 e. The van der Waals surface area contributed by atoms with Crippen LogP contribution in [0.15, 0.2) is 0 Å². The number of nitrogens with zero attached hydrogens (tertiary/aromatic N) is 1. The van der Waals surface area contributed by atoms with Gasteiger partial charge in [0.25, 0.3) is 0 Å². The van der Waals surface area contributed by atoms with E-state index in [2.05, 4.69) is 38.1 Å². The monoisotopic (exact) mass is 238 g/mol. The Morgan fingerprint density at radius 1 is 0.765 bits per heavy atom. The topological polar surface area (TPSA) is 15.3 Å². The highest BCUT2D eigenvalue weighted by Crippen LogP contribution is 2.30. The van der Waals surface area contributed by atoms with Gasteiger partial charge in [0.2, 0.25) is 0 Å². The minimum Gasteiger partial charge on any atom is -0.251 e. The second kappa shape index (κ2) is 5.71. The van der Waals surface area contributed by atoms with Crippen LogP contribution in [0.25, 0.3) is 0 Å². The van der Waals surface area contributed by atoms with E-state index in [0.717, 1.165) is 11.8 Å². The van der Waals surface area contributed by atoms with Crippen molar-refractivity contribution in [3.05, 3.63) is 0 Å². The van der Waals surface area contributed by atoms with Crippen molar-refractivity contribution in [2.45, 2.75) is 84.3 Å². The fourth-order valence-corrected chi connectivity index (χ4v) is 3.78. The molecule has 1 heterocycles. The first-order chi connectivity index (χ1) is 8.09. The minimum atomic E-state index is 0.701. The van der Waals surface area contributed by atoms with E-state index in [1.807, 2.05) is 0 Å². The zero-order valence-corrected chi connectivity index (χ0v) is 12.1. The average molecular weight is 238 g/mol. The number of rotatable bonds is 2. The molecule has 1 aliphatic carbocycles. The highest BCUT2D eigenvalue weighted by Gasteiger charge is 2.32. The summed E-state index contributed by atoms with van der Waals surface area (Å²) in [6.07, 6.45) is 8.33. The molecule has 1 saturated heterocycles. The SMILES string of the molecule is CC1CCCC(C)C1NN1C(C)CCCC1C. The molecule has 0 aromatic heterocycles. The quantitative estimate of drug-likeness (QED) is 0.791. The molecule has 4 unspecified atom stereocenters. The van der Waals surface area contributed by atoms with Gasteiger partial charge in [-0.25, -0.2) is 5.01 Å². The third-order valence-corrected chi connectivity index (χ3v) is 5.04. The van der Waals surface area contributed by atoms with Gasteiger partial charge >= 0.3 is 0 Å². The number of hydrogen-bond donors (Lipinski definition) is 1. The zero-order chi connectivity index (χ0) is 12.4. The van der Waals surface area contributed by atoms with E-state index in [-0.39, 0.29) is 0 Å². The molecule has 2 fully saturated rings. The van der Waals surface area contributed by atoms with Crippen molar-refractivity contribution < 1.29 is 0 Å². The molecular weight excluding hydrogens is 208 g/mol. The largest absolute Gasteiger partial charge is 0.251 e. The summed E-state index contributed by atoms with van der Waals surface area (Å²) in [5, 5.41) is 2.56. The molecule has 0 amide bonds. The van der Waals surface area contributed by atoms with Gasteiger partial charge in [-0.1, -0.05) is 26.7 Å². The summed E-state index contributed by atoms with van der Waals surface area (Å²) in [6.45, 7) is 9.60. The average Bonchev–Trinajstić information content (AvgIpc) is 2.27. The maximum atomic E-state index is 3.89. The Bertz CT molecular complexity index is 197. The molecule has 2 nitrogen and oxygen atoms in total. The van der Waals surface area contributed by atoms with E-state index in [0.29, 0.717) is 18.1 Å². The normalized spacial score (nSPS) is 44.8. The molecule has 2 heteroatoms. The summed E-state index contributed by atoms with van der Waals surface area (Å²) in [4.78, 5) is 0. The lowest BCUT2D eigenvalue weighted by molar-refractivity contribution is -0.000514. The molecule has 0 radical (unpaired) electrons. The van der Waals surface area contributed by atoms with Gasteiger partial charge in [0, 0.05) is 18.1 Å². The maximum Gasteiger partial charge on any atom is 0.0266 e. The van der Waals surface area contributed by atoms with Crippen molar-refractivity contribution in [2.24, 2.45) is 11.8 Å². The van der Waals surface area contributed by atoms with Gasteiger partial charge in [-0.05, 0) is 51.4 Å². The lowest BCUT2D eigenvalue weighted by atomic mass is 9.79. The number of hydrazine groups is 1. The molecule has 2 rings (SSSR count). The molecule has 0 bridgehead atoms. The number of hydrogen-bond acceptors (Lipinski definition) is 2. The second-order valence-corrected chi connectivity index (χ2v) is 6.58. The zero-order valence-electron chi connectivity index (χ0n) is 12.1. The molecular formula is C15H30N2. The molecule has 1 N–H and O–H groups in total. The predicted octanol–water partition coefficient (Wildman–Crippen LogP) is 3.58. The van der Waals surface area contributed by atoms with Crippen LogP contribution in [0.5, 0.6) is 0 Å². The van der Waals surface area contributed by atoms with Crippen molar-refractivity contribution in [1.82, 2.24) is 10.4 Å². The van der Waals surface area contributed by atoms with E-state index in [9.17, 15) is 0 Å². The molecule has 4 atom stereocenters. The van der Waals surface area contributed by atoms with Crippen molar-refractivity contribution in [3.8, 4) is 0 Å². The lowest BCUT2D eigenvalue weighted by Gasteiger charge is -2.45. The minimum absolute atomic E-state index is 0.701. The van der Waals surface area contributed by atoms with E-state index in [1.54, 1.807) is 0 Å². The van der Waals surface area contributed by atoms with Gasteiger partial charge in [0.1, 0.15) is 0 Å². The van der Waals surface area contributed by atoms with Crippen LogP contribution in [0.3, 0.4) is 0 Å². The first-order valence-corrected chi connectivity index (χ1v) is 7.64. The molecule has 0 aromatic rings. The summed E-state index contributed by atoms with van der Waals surface area (Å²) in [7, 11) is 0. The van der Waals surface area contributed by atoms with Gasteiger partial charge < -0.3 is 0 Å². The Morgan fingerprint density at radius 3 is 1.76 bits per heavy atom. The first kappa shape index (κ1) is 13.4. The summed E-state index contributed by atoms with van der Waals surface area (Å²) in [5.41, 5.74) is 3.89. The van der Waals surface area contributed by atoms with Gasteiger partial charge in [0.15, 0.2) is 0 Å². The third kappa shape index (κ3) is 3.03. The second-order valence-electron chi connectivity index (χ2n) is 6.58. The Kier molecular flexibility index (Phi) is 4.48. The number of nitrogens with one attached hydrogen (secondary N) is 1. The van der Waals surface area contributed by atoms with E-state index >= 15 is 0 Å². The predicted molar refractivity (Wildman–Crippen MR) is 73.7 cm³/mol. The standard InChI is InChI=1S/C15H30N2/c1-11-7-5-8-12(2)15(11)16-17-13(3)9-6-10-14(17)4/h11-16H,5-10H2,1-4H3. The van der Waals surface area contributed by atoms with Crippen LogP contribution in [-0.2, 0) is 0 Å². The fourth-order valence-electron chi connectivity index (χ4n) is 3.78. The molecule has 0 aromatic carbocycles. The summed E-state index contributed by atoms with van der Waals surface area (Å²) in [5.74, 6) is 1.67. The third-order valence-electron chi connectivity index (χ3n) is 5.04. The number of piperidine rings is 1. The molecule has 0 spiro atoms. The fraction of sp³-hybridized carbons (Fsp3) is 1.00. The molecule has 2 aliphatic rings. The van der Waals surface area contributed by atoms with Crippen molar-refractivity contribution in [2.75, 3.05) is 0 Å². The Morgan fingerprint density at radius 2 is 1.24 bits per heavy atom. The molecule has 1 aliphatic heterocycles. The van der Waals surface area contributed by atoms with Gasteiger partial charge in [-0.15, -0.1) is 0 Å². The van der Waals surface area contributed by atoms with Crippen LogP contribution in [0.1, 0.15) is 66.2 Å². The lowest BCUT2D eigenvalue weighted by Crippen LogP contribution is -2.59. The van der Waals surface area contributed by atoms with Crippen molar-refractivity contribution in [1.29, 1.82) is 0 Å². The Labute approximate surface area is 107 Å². The highest BCUT2D eigenvalue weighted by molar-refractivity contribution is 4.86. The molecule has 17 heavy (non-hydrogen) atoms. The summed E-state index contributed by atoms with van der Waals surface area (Å²) in [6, 6.07) is 2.12. The maximum absolute atomic E-state index is 3.89. The molecule has 1 saturated carbocycles. The first-order valence-electron chi connectivity index (χ1n) is 7.64. The van der Waals surface area contributed by atoms with Crippen LogP contribution in [0, 0.1) is 11.8 Å². The van der Waals surface area contributed by atoms with Crippen LogP contribution >= 0.6 is 0 Å². The highest BCUT2D eigenvalue weighted by atomic mass is 15.5. The van der Waals surface area contributed by atoms with E-state index in [1.165, 1.54) is 38.5 Å². The van der Waals surface area contributed by atoms with Crippen LogP contribution in [-0.4, -0.2) is 23.1 Å². The van der Waals surface area contributed by atoms with Crippen molar-refractivity contribution in [3.63, 3.8) is 0 Å². The van der Waals surface area contributed by atoms with Gasteiger partial charge in [-0.3, -0.25) is 5.43 Å². The van der Waals surface area contributed by atoms with E-state index in [4.69, 9.17) is 0 Å². The summed E-state index contributed by atoms with van der Waals surface area (Å²) >= 11 is 0. The van der Waals surface area contributed by atoms with Crippen LogP contribution in [0.2, 0.25) is 0 Å². The van der Waals surface area contributed by atoms with Crippen LogP contribution < -0.4 is 5.43 Å². The Balaban J connectivity index is 1.97. The summed E-state index contributed by atoms with van der Waals surface area (Å²) < 4.78 is 0. The molecule has 100 valence electrons. The van der Waals surface area contributed by atoms with Crippen LogP contribution in [0.4, 0.5) is 0 Å². The van der Waals surface area contributed by atoms with Gasteiger partial charge in [-0.2, -0.15) is 0 Å².